The van der Waals surface area contributed by atoms with Gasteiger partial charge in [-0.05, 0) is 34.4 Å². The third kappa shape index (κ3) is 16.4. The molecule has 0 fully saturated rings. The van der Waals surface area contributed by atoms with Crippen molar-refractivity contribution in [3.63, 3.8) is 0 Å². The summed E-state index contributed by atoms with van der Waals surface area (Å²) >= 11 is 0. The average molecular weight is 609 g/mol. The quantitative estimate of drug-likeness (QED) is 0.0609. The van der Waals surface area contributed by atoms with Gasteiger partial charge in [0.25, 0.3) is 5.69 Å². The van der Waals surface area contributed by atoms with Gasteiger partial charge in [0, 0.05) is 23.3 Å². The molecule has 0 bridgehead atoms. The molecule has 0 atom stereocenters. The maximum absolute atomic E-state index is 10.5. The van der Waals surface area contributed by atoms with E-state index < -0.39 is 15.3 Å². The minimum Gasteiger partial charge on any atom is -0.635 e. The van der Waals surface area contributed by atoms with Crippen molar-refractivity contribution in [1.29, 1.82) is 0 Å². The molecule has 4 aromatic rings. The average Bonchev–Trinajstić information content (AvgIpc) is 2.97. The zero-order chi connectivity index (χ0) is 30.0. The molecule has 0 aliphatic carbocycles. The van der Waals surface area contributed by atoms with Crippen LogP contribution in [-0.4, -0.2) is 35.0 Å². The number of non-ortho nitro benzene ring substituents is 1. The van der Waals surface area contributed by atoms with Gasteiger partial charge in [0.15, 0.2) is 0 Å². The van der Waals surface area contributed by atoms with E-state index in [2.05, 4.69) is 17.1 Å². The molecule has 0 aliphatic heterocycles. The summed E-state index contributed by atoms with van der Waals surface area (Å²) in [5.74, 6) is 0. The van der Waals surface area contributed by atoms with Gasteiger partial charge in [-0.25, -0.2) is 0 Å². The van der Waals surface area contributed by atoms with Crippen molar-refractivity contribution in [1.82, 2.24) is 0 Å². The van der Waals surface area contributed by atoms with Crippen LogP contribution in [0.15, 0.2) is 108 Å². The van der Waals surface area contributed by atoms with Gasteiger partial charge >= 0.3 is 61.8 Å². The summed E-state index contributed by atoms with van der Waals surface area (Å²) in [6.07, 6.45) is 1.63. The van der Waals surface area contributed by atoms with Crippen LogP contribution in [0.5, 0.6) is 0 Å². The predicted octanol–water partition coefficient (Wildman–Crippen LogP) is 1.55. The van der Waals surface area contributed by atoms with Gasteiger partial charge in [0.2, 0.25) is 0 Å². The number of nitro groups is 1. The predicted molar refractivity (Wildman–Crippen MR) is 142 cm³/mol. The first-order valence-electron chi connectivity index (χ1n) is 10.7. The Balaban J connectivity index is 0.000000599. The maximum Gasteiger partial charge on any atom is 1.00 e. The molecule has 4 aromatic carbocycles. The second-order valence-corrected chi connectivity index (χ2v) is 8.14. The van der Waals surface area contributed by atoms with E-state index in [1.165, 1.54) is 23.0 Å². The summed E-state index contributed by atoms with van der Waals surface area (Å²) in [5.41, 5.74) is 5.50. The molecule has 0 unspecified atom stereocenters. The zero-order valence-corrected chi connectivity index (χ0v) is 25.3. The number of carbonyl (C=O) groups excluding carboxylic acids is 2. The third-order valence-corrected chi connectivity index (χ3v) is 4.64. The normalized spacial score (nSPS) is 9.34. The molecule has 15 heteroatoms. The van der Waals surface area contributed by atoms with Gasteiger partial charge in [-0.15, -0.1) is 4.91 Å². The van der Waals surface area contributed by atoms with Crippen LogP contribution in [-0.2, 0) is 15.4 Å². The smallest absolute Gasteiger partial charge is 0.635 e. The molecule has 0 spiro atoms. The fraction of sp³-hybridized carbons (Fsp3) is 0. The van der Waals surface area contributed by atoms with E-state index in [4.69, 9.17) is 27.7 Å². The number of carbonyl (C=O) groups is 2. The number of hydrogen-bond donors (Lipinski definition) is 2. The maximum atomic E-state index is 10.5. The van der Waals surface area contributed by atoms with Gasteiger partial charge in [0.1, 0.15) is 17.9 Å². The first-order chi connectivity index (χ1) is 19.0. The molecule has 0 aromatic heterocycles. The van der Waals surface area contributed by atoms with Crippen LogP contribution in [0.1, 0.15) is 20.7 Å². The molecule has 0 radical (unpaired) electrons. The van der Waals surface area contributed by atoms with Gasteiger partial charge < -0.3 is 10.2 Å². The molecule has 0 aliphatic rings. The van der Waals surface area contributed by atoms with Crippen molar-refractivity contribution in [3.8, 4) is 22.3 Å². The van der Waals surface area contributed by atoms with Gasteiger partial charge in [-0.3, -0.25) is 28.8 Å². The molecule has 0 heterocycles. The van der Waals surface area contributed by atoms with Crippen molar-refractivity contribution in [3.05, 3.63) is 129 Å². The van der Waals surface area contributed by atoms with E-state index in [-0.39, 0.29) is 57.1 Å². The molecular weight excluding hydrogens is 587 g/mol. The van der Waals surface area contributed by atoms with Crippen LogP contribution >= 0.6 is 0 Å². The molecule has 208 valence electrons. The van der Waals surface area contributed by atoms with Crippen LogP contribution in [0.4, 0.5) is 5.69 Å². The topological polar surface area (TPSA) is 214 Å². The number of rotatable bonds is 6. The Morgan fingerprint density at radius 1 is 0.683 bits per heavy atom. The van der Waals surface area contributed by atoms with Gasteiger partial charge in [-0.2, -0.15) is 8.42 Å². The Bertz CT molecular complexity index is 1460. The van der Waals surface area contributed by atoms with Crippen LogP contribution in [0, 0.1) is 15.0 Å². The molecule has 0 saturated heterocycles. The van der Waals surface area contributed by atoms with Crippen molar-refractivity contribution in [2.24, 2.45) is 5.34 Å². The molecule has 0 saturated carbocycles. The van der Waals surface area contributed by atoms with Crippen molar-refractivity contribution in [2.75, 3.05) is 0 Å². The number of nitro benzene ring substituents is 1. The summed E-state index contributed by atoms with van der Waals surface area (Å²) in [5, 5.41) is 20.2. The Morgan fingerprint density at radius 2 is 0.976 bits per heavy atom. The number of aldehydes is 2. The van der Waals surface area contributed by atoms with Crippen LogP contribution in [0.2, 0.25) is 0 Å². The molecule has 2 N–H and O–H groups in total. The van der Waals surface area contributed by atoms with E-state index >= 15 is 0 Å². The first-order valence-corrected chi connectivity index (χ1v) is 12.1. The van der Waals surface area contributed by atoms with E-state index in [1.54, 1.807) is 24.3 Å². The molecule has 41 heavy (non-hydrogen) atoms. The number of hydrogen-bond acceptors (Lipinski definition) is 10. The second-order valence-electron chi connectivity index (χ2n) is 7.25. The Morgan fingerprint density at radius 3 is 1.24 bits per heavy atom. The van der Waals surface area contributed by atoms with Crippen LogP contribution < -0.4 is 56.6 Å². The third-order valence-electron chi connectivity index (χ3n) is 4.64. The minimum atomic E-state index is -4.67. The summed E-state index contributed by atoms with van der Waals surface area (Å²) in [6.45, 7) is 0. The Hall–Kier alpha value is -3.51. The van der Waals surface area contributed by atoms with Crippen molar-refractivity contribution < 1.29 is 93.7 Å². The number of benzene rings is 4. The standard InChI is InChI=1S/C13H9NO3.C13H10O.K.HNO3.H2O4S/c15-9-10-1-3-11(4-2-10)12-5-7-13(8-6-12)14(16)17;14-10-11-6-8-13(9-7-11)12-4-2-1-3-5-12;;2-1-4-3;1-5(2,3)4/h1-9H;1-10H;;3H;(H2,1,2,3,4)/q;;+1;;/p-1. The van der Waals surface area contributed by atoms with E-state index in [1.807, 2.05) is 54.6 Å². The van der Waals surface area contributed by atoms with E-state index in [0.29, 0.717) is 11.1 Å². The van der Waals surface area contributed by atoms with Crippen molar-refractivity contribution >= 4 is 28.7 Å². The summed E-state index contributed by atoms with van der Waals surface area (Å²) in [4.78, 5) is 41.8. The first kappa shape index (κ1) is 37.5. The van der Waals surface area contributed by atoms with E-state index in [9.17, 15) is 19.7 Å². The summed E-state index contributed by atoms with van der Waals surface area (Å²) < 4.78 is 31.6. The van der Waals surface area contributed by atoms with E-state index in [0.717, 1.165) is 29.3 Å². The molecular formula is C26H21KN2O11S. The second kappa shape index (κ2) is 20.4. The molecule has 4 rings (SSSR count). The molecule has 13 nitrogen and oxygen atoms in total. The van der Waals surface area contributed by atoms with Crippen LogP contribution in [0.25, 0.3) is 22.3 Å². The number of nitrogens with zero attached hydrogens (tertiary/aromatic N) is 2. The molecule has 0 amide bonds. The largest absolute Gasteiger partial charge is 1.00 e. The van der Waals surface area contributed by atoms with Crippen molar-refractivity contribution in [2.45, 2.75) is 0 Å². The Labute approximate surface area is 276 Å². The van der Waals surface area contributed by atoms with Gasteiger partial charge in [-0.1, -0.05) is 78.9 Å². The SMILES string of the molecule is O=Cc1ccc(-c2ccc([N+](=O)[O-])cc2)cc1.O=Cc1ccc(-c2ccccc2)cc1.O=NO[O-].O=S(=O)(O)O.[K+]. The fourth-order valence-electron chi connectivity index (χ4n) is 2.91. The summed E-state index contributed by atoms with van der Waals surface area (Å²) in [7, 11) is -4.67. The monoisotopic (exact) mass is 608 g/mol. The van der Waals surface area contributed by atoms with Crippen LogP contribution in [0.3, 0.4) is 0 Å². The minimum absolute atomic E-state index is 0. The Kier molecular flexibility index (Phi) is 18.6. The fourth-order valence-corrected chi connectivity index (χ4v) is 2.91. The zero-order valence-electron chi connectivity index (χ0n) is 21.3. The summed E-state index contributed by atoms with van der Waals surface area (Å²) in [6, 6.07) is 31.0. The van der Waals surface area contributed by atoms with Gasteiger partial charge in [0.05, 0.1) is 4.92 Å².